The summed E-state index contributed by atoms with van der Waals surface area (Å²) in [5.41, 5.74) is 3.35. The fraction of sp³-hybridized carbons (Fsp3) is 0.524. The number of piperidine rings is 1. The first-order valence-electron chi connectivity index (χ1n) is 9.90. The van der Waals surface area contributed by atoms with E-state index in [1.807, 2.05) is 6.92 Å². The summed E-state index contributed by atoms with van der Waals surface area (Å²) in [5, 5.41) is 3.38. The Hall–Kier alpha value is -2.30. The topological polar surface area (TPSA) is 44.3 Å². The minimum absolute atomic E-state index is 0.687. The van der Waals surface area contributed by atoms with Gasteiger partial charge < -0.3 is 15.1 Å². The van der Waals surface area contributed by atoms with Crippen LogP contribution in [-0.4, -0.2) is 36.1 Å². The fourth-order valence-electron chi connectivity index (χ4n) is 3.87. The summed E-state index contributed by atoms with van der Waals surface area (Å²) in [5.74, 6) is 2.58. The Balaban J connectivity index is 1.45. The maximum atomic E-state index is 4.72. The van der Waals surface area contributed by atoms with Crippen molar-refractivity contribution in [1.82, 2.24) is 9.97 Å². The fourth-order valence-corrected chi connectivity index (χ4v) is 3.87. The molecule has 26 heavy (non-hydrogen) atoms. The maximum Gasteiger partial charge on any atom is 0.229 e. The van der Waals surface area contributed by atoms with E-state index in [2.05, 4.69) is 57.4 Å². The summed E-state index contributed by atoms with van der Waals surface area (Å²) in [7, 11) is 0. The molecule has 3 heterocycles. The van der Waals surface area contributed by atoms with Gasteiger partial charge in [-0.15, -0.1) is 0 Å². The van der Waals surface area contributed by atoms with Gasteiger partial charge in [-0.2, -0.15) is 4.98 Å². The molecule has 2 aliphatic rings. The molecule has 5 nitrogen and oxygen atoms in total. The smallest absolute Gasteiger partial charge is 0.229 e. The van der Waals surface area contributed by atoms with Crippen LogP contribution in [-0.2, 0) is 0 Å². The third kappa shape index (κ3) is 3.92. The summed E-state index contributed by atoms with van der Waals surface area (Å²) in [6.07, 6.45) is 5.08. The second-order valence-electron chi connectivity index (χ2n) is 7.73. The van der Waals surface area contributed by atoms with Gasteiger partial charge in [0.25, 0.3) is 0 Å². The number of benzene rings is 1. The van der Waals surface area contributed by atoms with Crippen LogP contribution in [0.15, 0.2) is 30.3 Å². The molecule has 0 atom stereocenters. The van der Waals surface area contributed by atoms with Gasteiger partial charge in [-0.1, -0.05) is 6.92 Å². The molecule has 4 rings (SSSR count). The number of hydrogen-bond donors (Lipinski definition) is 1. The van der Waals surface area contributed by atoms with Crippen molar-refractivity contribution in [3.8, 4) is 0 Å². The minimum atomic E-state index is 0.687. The first-order valence-corrected chi connectivity index (χ1v) is 9.90. The average molecular weight is 351 g/mol. The third-order valence-corrected chi connectivity index (χ3v) is 5.54. The van der Waals surface area contributed by atoms with Gasteiger partial charge in [0.15, 0.2) is 0 Å². The largest absolute Gasteiger partial charge is 0.372 e. The van der Waals surface area contributed by atoms with Gasteiger partial charge in [0.2, 0.25) is 5.95 Å². The summed E-state index contributed by atoms with van der Waals surface area (Å²) in [4.78, 5) is 14.1. The average Bonchev–Trinajstić information content (AvgIpc) is 3.17. The molecular weight excluding hydrogens is 322 g/mol. The lowest BCUT2D eigenvalue weighted by Gasteiger charge is -2.32. The molecule has 0 unspecified atom stereocenters. The van der Waals surface area contributed by atoms with Crippen LogP contribution < -0.4 is 15.1 Å². The molecule has 0 amide bonds. The molecule has 2 fully saturated rings. The van der Waals surface area contributed by atoms with E-state index in [0.717, 1.165) is 49.3 Å². The van der Waals surface area contributed by atoms with Crippen molar-refractivity contribution in [2.75, 3.05) is 41.3 Å². The molecule has 2 aromatic rings. The molecule has 1 aromatic heterocycles. The van der Waals surface area contributed by atoms with Gasteiger partial charge in [-0.05, 0) is 62.8 Å². The summed E-state index contributed by atoms with van der Waals surface area (Å²) in [6.45, 7) is 8.90. The van der Waals surface area contributed by atoms with E-state index in [1.54, 1.807) is 0 Å². The minimum Gasteiger partial charge on any atom is -0.372 e. The van der Waals surface area contributed by atoms with Gasteiger partial charge in [0.1, 0.15) is 5.82 Å². The number of hydrogen-bond acceptors (Lipinski definition) is 5. The van der Waals surface area contributed by atoms with Crippen molar-refractivity contribution in [1.29, 1.82) is 0 Å². The van der Waals surface area contributed by atoms with Crippen LogP contribution in [0.4, 0.5) is 23.1 Å². The highest BCUT2D eigenvalue weighted by Crippen LogP contribution is 2.26. The van der Waals surface area contributed by atoms with E-state index < -0.39 is 0 Å². The zero-order chi connectivity index (χ0) is 17.9. The molecule has 2 saturated heterocycles. The van der Waals surface area contributed by atoms with Crippen molar-refractivity contribution in [3.63, 3.8) is 0 Å². The van der Waals surface area contributed by atoms with Crippen molar-refractivity contribution in [3.05, 3.63) is 36.0 Å². The zero-order valence-electron chi connectivity index (χ0n) is 15.9. The Bertz CT molecular complexity index is 729. The molecule has 0 saturated carbocycles. The van der Waals surface area contributed by atoms with E-state index in [4.69, 9.17) is 4.98 Å². The molecule has 5 heteroatoms. The second kappa shape index (κ2) is 7.52. The molecule has 0 bridgehead atoms. The van der Waals surface area contributed by atoms with Gasteiger partial charge in [-0.25, -0.2) is 4.98 Å². The number of nitrogens with one attached hydrogen (secondary N) is 1. The SMILES string of the molecule is Cc1cc(N2CCCC2)nc(Nc2ccc(N3CCC(C)CC3)cc2)n1. The number of rotatable bonds is 4. The summed E-state index contributed by atoms with van der Waals surface area (Å²) in [6, 6.07) is 10.8. The van der Waals surface area contributed by atoms with Crippen LogP contribution in [0.25, 0.3) is 0 Å². The quantitative estimate of drug-likeness (QED) is 0.886. The first kappa shape index (κ1) is 17.1. The molecule has 1 N–H and O–H groups in total. The Morgan fingerprint density at radius 2 is 1.62 bits per heavy atom. The van der Waals surface area contributed by atoms with E-state index >= 15 is 0 Å². The van der Waals surface area contributed by atoms with Crippen molar-refractivity contribution in [2.45, 2.75) is 39.5 Å². The van der Waals surface area contributed by atoms with Crippen LogP contribution in [0.2, 0.25) is 0 Å². The van der Waals surface area contributed by atoms with E-state index in [1.165, 1.54) is 31.4 Å². The lowest BCUT2D eigenvalue weighted by molar-refractivity contribution is 0.438. The number of aromatic nitrogens is 2. The molecule has 0 aliphatic carbocycles. The third-order valence-electron chi connectivity index (χ3n) is 5.54. The summed E-state index contributed by atoms with van der Waals surface area (Å²) >= 11 is 0. The zero-order valence-corrected chi connectivity index (χ0v) is 15.9. The first-order chi connectivity index (χ1) is 12.7. The van der Waals surface area contributed by atoms with Gasteiger partial charge in [0, 0.05) is 49.3 Å². The lowest BCUT2D eigenvalue weighted by Crippen LogP contribution is -2.32. The van der Waals surface area contributed by atoms with Gasteiger partial charge in [0.05, 0.1) is 0 Å². The van der Waals surface area contributed by atoms with Crippen molar-refractivity contribution in [2.24, 2.45) is 5.92 Å². The predicted molar refractivity (Wildman–Crippen MR) is 109 cm³/mol. The standard InChI is InChI=1S/C21H29N5/c1-16-9-13-25(14-10-16)19-7-5-18(6-8-19)23-21-22-17(2)15-20(24-21)26-11-3-4-12-26/h5-8,15-16H,3-4,9-14H2,1-2H3,(H,22,23,24). The highest BCUT2D eigenvalue weighted by molar-refractivity contribution is 5.60. The normalized spacial score (nSPS) is 18.4. The highest BCUT2D eigenvalue weighted by atomic mass is 15.2. The van der Waals surface area contributed by atoms with Crippen LogP contribution in [0.1, 0.15) is 38.3 Å². The van der Waals surface area contributed by atoms with Crippen LogP contribution >= 0.6 is 0 Å². The Morgan fingerprint density at radius 1 is 0.923 bits per heavy atom. The summed E-state index contributed by atoms with van der Waals surface area (Å²) < 4.78 is 0. The molecule has 0 radical (unpaired) electrons. The van der Waals surface area contributed by atoms with E-state index in [-0.39, 0.29) is 0 Å². The van der Waals surface area contributed by atoms with Crippen LogP contribution in [0.3, 0.4) is 0 Å². The predicted octanol–water partition coefficient (Wildman–Crippen LogP) is 4.37. The van der Waals surface area contributed by atoms with Crippen molar-refractivity contribution >= 4 is 23.1 Å². The van der Waals surface area contributed by atoms with Crippen molar-refractivity contribution < 1.29 is 0 Å². The Morgan fingerprint density at radius 3 is 2.31 bits per heavy atom. The number of anilines is 4. The van der Waals surface area contributed by atoms with E-state index in [0.29, 0.717) is 5.95 Å². The second-order valence-corrected chi connectivity index (χ2v) is 7.73. The number of nitrogens with zero attached hydrogens (tertiary/aromatic N) is 4. The number of aryl methyl sites for hydroxylation is 1. The highest BCUT2D eigenvalue weighted by Gasteiger charge is 2.17. The Kier molecular flexibility index (Phi) is 4.96. The van der Waals surface area contributed by atoms with Gasteiger partial charge in [-0.3, -0.25) is 0 Å². The van der Waals surface area contributed by atoms with E-state index in [9.17, 15) is 0 Å². The molecule has 138 valence electrons. The monoisotopic (exact) mass is 351 g/mol. The maximum absolute atomic E-state index is 4.72. The molecule has 2 aliphatic heterocycles. The molecule has 1 aromatic carbocycles. The Labute approximate surface area is 156 Å². The lowest BCUT2D eigenvalue weighted by atomic mass is 9.99. The molecule has 0 spiro atoms. The van der Waals surface area contributed by atoms with Gasteiger partial charge >= 0.3 is 0 Å². The van der Waals surface area contributed by atoms with Crippen LogP contribution in [0, 0.1) is 12.8 Å². The molecular formula is C21H29N5. The van der Waals surface area contributed by atoms with Crippen LogP contribution in [0.5, 0.6) is 0 Å².